The van der Waals surface area contributed by atoms with Gasteiger partial charge in [0.25, 0.3) is 0 Å². The van der Waals surface area contributed by atoms with Gasteiger partial charge < -0.3 is 20.2 Å². The maximum absolute atomic E-state index is 14.9. The van der Waals surface area contributed by atoms with Gasteiger partial charge >= 0.3 is 0 Å². The molecule has 0 atom stereocenters. The van der Waals surface area contributed by atoms with E-state index < -0.39 is 28.1 Å². The Kier molecular flexibility index (Phi) is 4.85. The Hall–Kier alpha value is -2.81. The Morgan fingerprint density at radius 1 is 1.21 bits per heavy atom. The van der Waals surface area contributed by atoms with Crippen molar-refractivity contribution in [1.29, 1.82) is 0 Å². The first kappa shape index (κ1) is 19.5. The number of carbonyl (C=O) groups is 1. The van der Waals surface area contributed by atoms with Crippen LogP contribution in [0.3, 0.4) is 0 Å². The summed E-state index contributed by atoms with van der Waals surface area (Å²) in [4.78, 5) is 11.3. The van der Waals surface area contributed by atoms with E-state index in [1.807, 2.05) is 0 Å². The average molecular weight is 421 g/mol. The largest absolute Gasteiger partial charge is 0.462 e. The molecule has 1 amide bonds. The van der Waals surface area contributed by atoms with Gasteiger partial charge in [-0.3, -0.25) is 4.79 Å². The number of nitrogens with one attached hydrogen (secondary N) is 2. The lowest BCUT2D eigenvalue weighted by Crippen LogP contribution is -2.20. The molecule has 152 valence electrons. The number of primary amides is 1. The summed E-state index contributed by atoms with van der Waals surface area (Å²) in [7, 11) is 0. The number of rotatable bonds is 7. The normalized spacial score (nSPS) is 14.8. The number of hydrogen-bond acceptors (Lipinski definition) is 5. The molecule has 4 rings (SSSR count). The number of fused-ring (bicyclic) bond motifs is 1. The van der Waals surface area contributed by atoms with Gasteiger partial charge in [-0.2, -0.15) is 0 Å². The lowest BCUT2D eigenvalue weighted by Gasteiger charge is -2.19. The first-order valence-electron chi connectivity index (χ1n) is 8.93. The lowest BCUT2D eigenvalue weighted by atomic mass is 10.1. The Morgan fingerprint density at radius 3 is 2.62 bits per heavy atom. The van der Waals surface area contributed by atoms with E-state index in [9.17, 15) is 18.0 Å². The van der Waals surface area contributed by atoms with Crippen LogP contribution in [0.4, 0.5) is 30.2 Å². The van der Waals surface area contributed by atoms with Gasteiger partial charge in [0.15, 0.2) is 17.2 Å². The van der Waals surface area contributed by atoms with E-state index in [1.165, 1.54) is 36.4 Å². The van der Waals surface area contributed by atoms with Gasteiger partial charge in [-0.1, -0.05) is 6.07 Å². The molecule has 1 aliphatic rings. The van der Waals surface area contributed by atoms with Gasteiger partial charge in [-0.05, 0) is 55.5 Å². The molecular formula is C20H18F3N3O2S. The van der Waals surface area contributed by atoms with E-state index in [-0.39, 0.29) is 34.5 Å². The number of aryl methyl sites for hydroxylation is 1. The Labute approximate surface area is 169 Å². The van der Waals surface area contributed by atoms with Crippen molar-refractivity contribution in [3.63, 3.8) is 0 Å². The van der Waals surface area contributed by atoms with Crippen LogP contribution in [0, 0.1) is 24.4 Å². The second kappa shape index (κ2) is 7.22. The third-order valence-electron chi connectivity index (χ3n) is 4.85. The van der Waals surface area contributed by atoms with Crippen LogP contribution in [0.2, 0.25) is 0 Å². The molecule has 1 heterocycles. The van der Waals surface area contributed by atoms with Crippen molar-refractivity contribution >= 4 is 45.9 Å². The number of carbonyl (C=O) groups excluding carboxylic acids is 1. The topological polar surface area (TPSA) is 80.3 Å². The second-order valence-electron chi connectivity index (χ2n) is 7.18. The molecule has 1 saturated carbocycles. The fourth-order valence-corrected chi connectivity index (χ4v) is 4.16. The number of amides is 1. The first-order chi connectivity index (χ1) is 13.8. The summed E-state index contributed by atoms with van der Waals surface area (Å²) < 4.78 is 51.7. The number of hydrogen-bond donors (Lipinski definition) is 3. The van der Waals surface area contributed by atoms with E-state index >= 15 is 0 Å². The Morgan fingerprint density at radius 2 is 1.97 bits per heavy atom. The van der Waals surface area contributed by atoms with Crippen molar-refractivity contribution in [2.45, 2.75) is 30.9 Å². The Bertz CT molecular complexity index is 1110. The van der Waals surface area contributed by atoms with Gasteiger partial charge in [0, 0.05) is 11.2 Å². The summed E-state index contributed by atoms with van der Waals surface area (Å²) in [6, 6.07) is 5.70. The molecule has 1 aliphatic carbocycles. The van der Waals surface area contributed by atoms with Crippen LogP contribution in [-0.2, 0) is 4.79 Å². The number of anilines is 3. The summed E-state index contributed by atoms with van der Waals surface area (Å²) in [5.74, 6) is -3.31. The lowest BCUT2D eigenvalue weighted by molar-refractivity contribution is -0.118. The average Bonchev–Trinajstić information content (AvgIpc) is 3.23. The summed E-state index contributed by atoms with van der Waals surface area (Å²) in [5.41, 5.74) is 5.92. The predicted octanol–water partition coefficient (Wildman–Crippen LogP) is 5.37. The molecular weight excluding hydrogens is 403 g/mol. The van der Waals surface area contributed by atoms with Crippen molar-refractivity contribution < 1.29 is 22.4 Å². The molecule has 0 bridgehead atoms. The number of benzene rings is 2. The van der Waals surface area contributed by atoms with Crippen molar-refractivity contribution in [3.8, 4) is 0 Å². The second-order valence-corrected chi connectivity index (χ2v) is 8.45. The molecule has 5 nitrogen and oxygen atoms in total. The van der Waals surface area contributed by atoms with Crippen LogP contribution in [0.1, 0.15) is 24.8 Å². The Balaban J connectivity index is 1.75. The van der Waals surface area contributed by atoms with Crippen LogP contribution >= 0.6 is 11.9 Å². The summed E-state index contributed by atoms with van der Waals surface area (Å²) in [5, 5.41) is 2.60. The molecule has 0 unspecified atom stereocenters. The van der Waals surface area contributed by atoms with Gasteiger partial charge in [0.05, 0.1) is 17.3 Å². The van der Waals surface area contributed by atoms with Crippen molar-refractivity contribution in [2.24, 2.45) is 5.73 Å². The predicted molar refractivity (Wildman–Crippen MR) is 108 cm³/mol. The minimum absolute atomic E-state index is 0.00822. The molecule has 0 radical (unpaired) electrons. The molecule has 1 aromatic heterocycles. The highest BCUT2D eigenvalue weighted by Gasteiger charge is 2.45. The van der Waals surface area contributed by atoms with Gasteiger partial charge in [0.2, 0.25) is 5.91 Å². The standard InChI is InChI=1S/C20H18F3N3O2S/c1-10-2-3-13(12(21)8-10)25-17-16(23)15(22)11-4-7-28-19(11)18(17)26-29-20(5-6-20)9-14(24)27/h2-4,7-8,25-26H,5-6,9H2,1H3,(H2,24,27). The maximum atomic E-state index is 14.9. The van der Waals surface area contributed by atoms with E-state index in [0.29, 0.717) is 5.56 Å². The third-order valence-corrected chi connectivity index (χ3v) is 6.14. The van der Waals surface area contributed by atoms with Crippen LogP contribution in [-0.4, -0.2) is 10.7 Å². The molecule has 0 spiro atoms. The highest BCUT2D eigenvalue weighted by Crippen LogP contribution is 2.52. The van der Waals surface area contributed by atoms with E-state index in [4.69, 9.17) is 10.2 Å². The zero-order valence-electron chi connectivity index (χ0n) is 15.4. The van der Waals surface area contributed by atoms with Crippen molar-refractivity contribution in [1.82, 2.24) is 0 Å². The number of halogens is 3. The zero-order chi connectivity index (χ0) is 20.8. The molecule has 0 aliphatic heterocycles. The van der Waals surface area contributed by atoms with Crippen LogP contribution in [0.15, 0.2) is 34.9 Å². The molecule has 4 N–H and O–H groups in total. The maximum Gasteiger partial charge on any atom is 0.218 e. The minimum atomic E-state index is -1.17. The first-order valence-corrected chi connectivity index (χ1v) is 9.75. The van der Waals surface area contributed by atoms with E-state index in [2.05, 4.69) is 10.0 Å². The monoisotopic (exact) mass is 421 g/mol. The smallest absolute Gasteiger partial charge is 0.218 e. The molecule has 0 saturated heterocycles. The van der Waals surface area contributed by atoms with E-state index in [1.54, 1.807) is 13.0 Å². The van der Waals surface area contributed by atoms with Crippen molar-refractivity contribution in [2.75, 3.05) is 10.0 Å². The minimum Gasteiger partial charge on any atom is -0.462 e. The SMILES string of the molecule is Cc1ccc(Nc2c(F)c(F)c3ccoc3c2NSC2(CC(N)=O)CC2)c(F)c1. The molecule has 1 fully saturated rings. The third kappa shape index (κ3) is 3.74. The highest BCUT2D eigenvalue weighted by molar-refractivity contribution is 8.02. The van der Waals surface area contributed by atoms with Gasteiger partial charge in [-0.25, -0.2) is 13.2 Å². The molecule has 2 aromatic carbocycles. The van der Waals surface area contributed by atoms with Crippen LogP contribution in [0.25, 0.3) is 11.0 Å². The molecule has 29 heavy (non-hydrogen) atoms. The van der Waals surface area contributed by atoms with Crippen molar-refractivity contribution in [3.05, 3.63) is 53.5 Å². The summed E-state index contributed by atoms with van der Waals surface area (Å²) in [6.07, 6.45) is 2.92. The van der Waals surface area contributed by atoms with Gasteiger partial charge in [-0.15, -0.1) is 0 Å². The summed E-state index contributed by atoms with van der Waals surface area (Å²) >= 11 is 1.20. The van der Waals surface area contributed by atoms with Crippen LogP contribution in [0.5, 0.6) is 0 Å². The quantitative estimate of drug-likeness (QED) is 0.447. The van der Waals surface area contributed by atoms with Gasteiger partial charge in [0.1, 0.15) is 17.2 Å². The zero-order valence-corrected chi connectivity index (χ0v) is 16.3. The molecule has 9 heteroatoms. The fraction of sp³-hybridized carbons (Fsp3) is 0.250. The summed E-state index contributed by atoms with van der Waals surface area (Å²) in [6.45, 7) is 1.72. The van der Waals surface area contributed by atoms with Crippen LogP contribution < -0.4 is 15.8 Å². The number of furan rings is 1. The fourth-order valence-electron chi connectivity index (χ4n) is 3.13. The number of nitrogens with two attached hydrogens (primary N) is 1. The van der Waals surface area contributed by atoms with E-state index in [0.717, 1.165) is 12.8 Å². The highest BCUT2D eigenvalue weighted by atomic mass is 32.2. The molecule has 3 aromatic rings.